The lowest BCUT2D eigenvalue weighted by Gasteiger charge is -2.10. The van der Waals surface area contributed by atoms with Crippen LogP contribution in [0.1, 0.15) is 20.7 Å². The van der Waals surface area contributed by atoms with Crippen molar-refractivity contribution >= 4 is 33.5 Å². The van der Waals surface area contributed by atoms with Gasteiger partial charge in [0.2, 0.25) is 0 Å². The molecule has 0 fully saturated rings. The molecule has 0 aliphatic heterocycles. The van der Waals surface area contributed by atoms with Crippen molar-refractivity contribution in [2.24, 2.45) is 0 Å². The molecule has 114 valence electrons. The van der Waals surface area contributed by atoms with Crippen molar-refractivity contribution in [1.82, 2.24) is 0 Å². The van der Waals surface area contributed by atoms with Gasteiger partial charge in [-0.15, -0.1) is 0 Å². The number of amides is 1. The normalized spacial score (nSPS) is 10.2. The average molecular weight is 370 g/mol. The van der Waals surface area contributed by atoms with Gasteiger partial charge in [0.15, 0.2) is 0 Å². The predicted molar refractivity (Wildman–Crippen MR) is 79.8 cm³/mol. The van der Waals surface area contributed by atoms with Crippen LogP contribution in [-0.2, 0) is 4.74 Å². The first-order valence-corrected chi connectivity index (χ1v) is 6.85. The fourth-order valence-electron chi connectivity index (χ4n) is 1.78. The lowest BCUT2D eigenvalue weighted by molar-refractivity contribution is 0.0602. The van der Waals surface area contributed by atoms with Crippen LogP contribution in [0.25, 0.3) is 0 Å². The summed E-state index contributed by atoms with van der Waals surface area (Å²) in [5, 5.41) is 2.43. The van der Waals surface area contributed by atoms with Crippen LogP contribution in [0.3, 0.4) is 0 Å². The zero-order valence-electron chi connectivity index (χ0n) is 11.3. The van der Waals surface area contributed by atoms with Crippen LogP contribution in [0.4, 0.5) is 14.5 Å². The number of carbonyl (C=O) groups is 2. The van der Waals surface area contributed by atoms with Crippen molar-refractivity contribution in [3.63, 3.8) is 0 Å². The lowest BCUT2D eigenvalue weighted by Crippen LogP contribution is -2.16. The number of benzene rings is 2. The molecule has 0 aliphatic carbocycles. The Balaban J connectivity index is 2.34. The van der Waals surface area contributed by atoms with E-state index in [9.17, 15) is 18.4 Å². The van der Waals surface area contributed by atoms with E-state index in [0.717, 1.165) is 12.1 Å². The molecule has 1 N–H and O–H groups in total. The van der Waals surface area contributed by atoms with E-state index in [1.807, 2.05) is 0 Å². The zero-order valence-corrected chi connectivity index (χ0v) is 12.9. The van der Waals surface area contributed by atoms with Gasteiger partial charge in [0.25, 0.3) is 5.91 Å². The summed E-state index contributed by atoms with van der Waals surface area (Å²) in [5.41, 5.74) is 0.0862. The van der Waals surface area contributed by atoms with Crippen molar-refractivity contribution in [1.29, 1.82) is 0 Å². The Kier molecular flexibility index (Phi) is 4.87. The van der Waals surface area contributed by atoms with E-state index < -0.39 is 23.5 Å². The highest BCUT2D eigenvalue weighted by Gasteiger charge is 2.16. The highest BCUT2D eigenvalue weighted by atomic mass is 79.9. The van der Waals surface area contributed by atoms with Gasteiger partial charge in [0.1, 0.15) is 11.6 Å². The Labute approximate surface area is 133 Å². The molecule has 0 heterocycles. The highest BCUT2D eigenvalue weighted by Crippen LogP contribution is 2.23. The second-order valence-corrected chi connectivity index (χ2v) is 5.21. The second kappa shape index (κ2) is 6.65. The molecular weight excluding hydrogens is 360 g/mol. The van der Waals surface area contributed by atoms with Crippen molar-refractivity contribution in [3.05, 3.63) is 63.6 Å². The number of esters is 1. The molecule has 0 spiro atoms. The third-order valence-electron chi connectivity index (χ3n) is 2.76. The van der Waals surface area contributed by atoms with Crippen molar-refractivity contribution in [2.45, 2.75) is 0 Å². The number of rotatable bonds is 3. The Morgan fingerprint density at radius 2 is 1.73 bits per heavy atom. The van der Waals surface area contributed by atoms with Crippen LogP contribution < -0.4 is 5.32 Å². The van der Waals surface area contributed by atoms with E-state index in [1.165, 1.54) is 19.2 Å². The summed E-state index contributed by atoms with van der Waals surface area (Å²) in [6, 6.07) is 7.01. The molecule has 0 bridgehead atoms. The summed E-state index contributed by atoms with van der Waals surface area (Å²) in [6.45, 7) is 0. The van der Waals surface area contributed by atoms with Crippen LogP contribution in [0, 0.1) is 11.6 Å². The SMILES string of the molecule is COC(=O)c1cc(Br)ccc1NC(=O)c1cc(F)cc(F)c1. The van der Waals surface area contributed by atoms with Crippen LogP contribution in [0.2, 0.25) is 0 Å². The number of halogens is 3. The fraction of sp³-hybridized carbons (Fsp3) is 0.0667. The first kappa shape index (κ1) is 16.1. The van der Waals surface area contributed by atoms with Crippen LogP contribution >= 0.6 is 15.9 Å². The van der Waals surface area contributed by atoms with E-state index in [1.54, 1.807) is 6.07 Å². The van der Waals surface area contributed by atoms with Gasteiger partial charge in [0, 0.05) is 16.1 Å². The number of anilines is 1. The van der Waals surface area contributed by atoms with Gasteiger partial charge in [-0.2, -0.15) is 0 Å². The molecule has 2 rings (SSSR count). The van der Waals surface area contributed by atoms with Crippen molar-refractivity contribution < 1.29 is 23.1 Å². The van der Waals surface area contributed by atoms with Gasteiger partial charge in [-0.05, 0) is 30.3 Å². The Morgan fingerprint density at radius 3 is 2.32 bits per heavy atom. The molecule has 4 nitrogen and oxygen atoms in total. The van der Waals surface area contributed by atoms with Crippen LogP contribution in [-0.4, -0.2) is 19.0 Å². The minimum Gasteiger partial charge on any atom is -0.465 e. The standard InChI is InChI=1S/C15H10BrF2NO3/c1-22-15(21)12-6-9(16)2-3-13(12)19-14(20)8-4-10(17)7-11(18)5-8/h2-7H,1H3,(H,19,20). The first-order valence-electron chi connectivity index (χ1n) is 6.06. The van der Waals surface area contributed by atoms with E-state index in [-0.39, 0.29) is 16.8 Å². The molecule has 2 aromatic carbocycles. The molecule has 2 aromatic rings. The predicted octanol–water partition coefficient (Wildman–Crippen LogP) is 3.77. The molecule has 0 radical (unpaired) electrons. The largest absolute Gasteiger partial charge is 0.465 e. The van der Waals surface area contributed by atoms with Gasteiger partial charge in [-0.3, -0.25) is 4.79 Å². The molecule has 1 amide bonds. The van der Waals surface area contributed by atoms with Gasteiger partial charge in [-0.25, -0.2) is 13.6 Å². The summed E-state index contributed by atoms with van der Waals surface area (Å²) in [6.07, 6.45) is 0. The summed E-state index contributed by atoms with van der Waals surface area (Å²) in [7, 11) is 1.21. The molecule has 0 unspecified atom stereocenters. The van der Waals surface area contributed by atoms with Crippen molar-refractivity contribution in [3.8, 4) is 0 Å². The van der Waals surface area contributed by atoms with Gasteiger partial charge < -0.3 is 10.1 Å². The molecular formula is C15H10BrF2NO3. The summed E-state index contributed by atoms with van der Waals surface area (Å²) >= 11 is 3.20. The molecule has 22 heavy (non-hydrogen) atoms. The smallest absolute Gasteiger partial charge is 0.340 e. The topological polar surface area (TPSA) is 55.4 Å². The van der Waals surface area contributed by atoms with Crippen LogP contribution in [0.15, 0.2) is 40.9 Å². The van der Waals surface area contributed by atoms with Crippen LogP contribution in [0.5, 0.6) is 0 Å². The van der Waals surface area contributed by atoms with Crippen molar-refractivity contribution in [2.75, 3.05) is 12.4 Å². The number of nitrogens with one attached hydrogen (secondary N) is 1. The number of carbonyl (C=O) groups excluding carboxylic acids is 2. The van der Waals surface area contributed by atoms with E-state index in [2.05, 4.69) is 26.0 Å². The van der Waals surface area contributed by atoms with E-state index >= 15 is 0 Å². The Bertz CT molecular complexity index is 729. The van der Waals surface area contributed by atoms with Gasteiger partial charge in [-0.1, -0.05) is 15.9 Å². The molecule has 7 heteroatoms. The minimum absolute atomic E-state index is 0.113. The third-order valence-corrected chi connectivity index (χ3v) is 3.25. The van der Waals surface area contributed by atoms with Gasteiger partial charge >= 0.3 is 5.97 Å². The lowest BCUT2D eigenvalue weighted by atomic mass is 10.1. The maximum Gasteiger partial charge on any atom is 0.340 e. The number of hydrogen-bond donors (Lipinski definition) is 1. The van der Waals surface area contributed by atoms with E-state index in [4.69, 9.17) is 0 Å². The summed E-state index contributed by atoms with van der Waals surface area (Å²) in [5.74, 6) is -3.13. The number of ether oxygens (including phenoxy) is 1. The Morgan fingerprint density at radius 1 is 1.09 bits per heavy atom. The fourth-order valence-corrected chi connectivity index (χ4v) is 2.14. The molecule has 0 aliphatic rings. The number of hydrogen-bond acceptors (Lipinski definition) is 3. The third kappa shape index (κ3) is 3.67. The first-order chi connectivity index (χ1) is 10.4. The quantitative estimate of drug-likeness (QED) is 0.837. The number of methoxy groups -OCH3 is 1. The highest BCUT2D eigenvalue weighted by molar-refractivity contribution is 9.10. The van der Waals surface area contributed by atoms with E-state index in [0.29, 0.717) is 10.5 Å². The maximum atomic E-state index is 13.1. The molecule has 0 saturated heterocycles. The average Bonchev–Trinajstić information content (AvgIpc) is 2.47. The summed E-state index contributed by atoms with van der Waals surface area (Å²) < 4.78 is 31.5. The molecule has 0 saturated carbocycles. The molecule has 0 aromatic heterocycles. The zero-order chi connectivity index (χ0) is 16.3. The maximum absolute atomic E-state index is 13.1. The minimum atomic E-state index is -0.867. The van der Waals surface area contributed by atoms with Gasteiger partial charge in [0.05, 0.1) is 18.4 Å². The summed E-state index contributed by atoms with van der Waals surface area (Å²) in [4.78, 5) is 23.8. The monoisotopic (exact) mass is 369 g/mol. The molecule has 0 atom stereocenters. The Hall–Kier alpha value is -2.28. The second-order valence-electron chi connectivity index (χ2n) is 4.29.